The van der Waals surface area contributed by atoms with Crippen LogP contribution in [0.25, 0.3) is 10.8 Å². The lowest BCUT2D eigenvalue weighted by Crippen LogP contribution is -2.57. The third-order valence-corrected chi connectivity index (χ3v) is 6.92. The zero-order valence-electron chi connectivity index (χ0n) is 18.5. The molecule has 182 valence electrons. The van der Waals surface area contributed by atoms with Crippen LogP contribution in [-0.2, 0) is 19.2 Å². The summed E-state index contributed by atoms with van der Waals surface area (Å²) in [5.74, 6) is -7.53. The largest absolute Gasteiger partial charge is 0.481 e. The fraction of sp³-hybridized carbons (Fsp3) is 0.200. The second kappa shape index (κ2) is 8.24. The van der Waals surface area contributed by atoms with Crippen LogP contribution >= 0.6 is 0 Å². The molecule has 0 spiro atoms. The number of fused-ring (bicyclic) bond motifs is 2. The summed E-state index contributed by atoms with van der Waals surface area (Å²) in [6, 6.07) is 16.4. The van der Waals surface area contributed by atoms with E-state index in [4.69, 9.17) is 0 Å². The normalized spacial score (nSPS) is 25.2. The molecule has 2 amide bonds. The van der Waals surface area contributed by atoms with Crippen LogP contribution in [0.4, 0.5) is 11.4 Å². The van der Waals surface area contributed by atoms with Gasteiger partial charge in [0.05, 0.1) is 28.9 Å². The summed E-state index contributed by atoms with van der Waals surface area (Å²) >= 11 is 0. The first-order chi connectivity index (χ1) is 17.2. The van der Waals surface area contributed by atoms with Crippen LogP contribution < -0.4 is 10.2 Å². The van der Waals surface area contributed by atoms with Crippen molar-refractivity contribution in [1.82, 2.24) is 5.32 Å². The number of carbonyl (C=O) groups excluding carboxylic acids is 2. The first kappa shape index (κ1) is 23.1. The maximum atomic E-state index is 13.7. The number of carboxylic acids is 2. The van der Waals surface area contributed by atoms with E-state index in [0.717, 1.165) is 16.4 Å². The van der Waals surface area contributed by atoms with Crippen LogP contribution in [0, 0.1) is 22.0 Å². The molecule has 5 rings (SSSR count). The summed E-state index contributed by atoms with van der Waals surface area (Å²) in [5.41, 5.74) is -2.18. The molecule has 0 aliphatic carbocycles. The van der Waals surface area contributed by atoms with Gasteiger partial charge in [-0.1, -0.05) is 48.5 Å². The van der Waals surface area contributed by atoms with Crippen molar-refractivity contribution in [2.24, 2.45) is 11.8 Å². The van der Waals surface area contributed by atoms with Gasteiger partial charge >= 0.3 is 11.9 Å². The SMILES string of the molecule is O=C(O)CC1(C(=O)O)NC(c2cccc3ccccc23)C2C(=O)N(c3cccc([N+](=O)[O-])c3)C(=O)C21. The van der Waals surface area contributed by atoms with Gasteiger partial charge in [-0.25, -0.2) is 4.90 Å². The molecule has 3 N–H and O–H groups in total. The zero-order valence-corrected chi connectivity index (χ0v) is 18.5. The summed E-state index contributed by atoms with van der Waals surface area (Å²) in [6.45, 7) is 0. The van der Waals surface area contributed by atoms with Gasteiger partial charge in [-0.2, -0.15) is 0 Å². The van der Waals surface area contributed by atoms with E-state index in [1.807, 2.05) is 18.2 Å². The van der Waals surface area contributed by atoms with Gasteiger partial charge in [0.1, 0.15) is 5.54 Å². The van der Waals surface area contributed by atoms with Gasteiger partial charge in [-0.05, 0) is 22.4 Å². The summed E-state index contributed by atoms with van der Waals surface area (Å²) in [6.07, 6.45) is -0.952. The molecule has 11 nitrogen and oxygen atoms in total. The molecule has 2 aliphatic heterocycles. The number of aliphatic carboxylic acids is 2. The number of amides is 2. The number of hydrogen-bond donors (Lipinski definition) is 3. The Kier molecular flexibility index (Phi) is 5.29. The van der Waals surface area contributed by atoms with Gasteiger partial charge < -0.3 is 10.2 Å². The van der Waals surface area contributed by atoms with E-state index in [-0.39, 0.29) is 11.4 Å². The predicted octanol–water partition coefficient (Wildman–Crippen LogP) is 2.50. The Morgan fingerprint density at radius 3 is 2.39 bits per heavy atom. The number of hydrogen-bond acceptors (Lipinski definition) is 7. The minimum Gasteiger partial charge on any atom is -0.481 e. The van der Waals surface area contributed by atoms with E-state index in [2.05, 4.69) is 5.32 Å². The minimum absolute atomic E-state index is 0.0834. The monoisotopic (exact) mass is 489 g/mol. The molecule has 0 bridgehead atoms. The molecule has 4 unspecified atom stereocenters. The van der Waals surface area contributed by atoms with Crippen LogP contribution in [0.1, 0.15) is 18.0 Å². The Bertz CT molecular complexity index is 1470. The van der Waals surface area contributed by atoms with E-state index < -0.39 is 58.5 Å². The van der Waals surface area contributed by atoms with Crippen molar-refractivity contribution in [3.05, 3.63) is 82.4 Å². The molecule has 2 fully saturated rings. The highest BCUT2D eigenvalue weighted by molar-refractivity contribution is 6.24. The molecule has 0 saturated carbocycles. The van der Waals surface area contributed by atoms with E-state index >= 15 is 0 Å². The Labute approximate surface area is 203 Å². The van der Waals surface area contributed by atoms with Crippen LogP contribution in [-0.4, -0.2) is 44.4 Å². The quantitative estimate of drug-likeness (QED) is 0.268. The van der Waals surface area contributed by atoms with Crippen molar-refractivity contribution in [3.63, 3.8) is 0 Å². The highest BCUT2D eigenvalue weighted by atomic mass is 16.6. The maximum absolute atomic E-state index is 13.7. The first-order valence-corrected chi connectivity index (χ1v) is 11.0. The number of anilines is 1. The van der Waals surface area contributed by atoms with Gasteiger partial charge in [-0.3, -0.25) is 34.6 Å². The molecule has 4 atom stereocenters. The number of carbonyl (C=O) groups is 4. The Balaban J connectivity index is 1.71. The molecule has 0 aromatic heterocycles. The van der Waals surface area contributed by atoms with Crippen molar-refractivity contribution >= 4 is 45.9 Å². The number of rotatable bonds is 6. The number of carboxylic acid groups (broad SMARTS) is 2. The number of benzene rings is 3. The molecule has 2 heterocycles. The molecule has 2 aliphatic rings. The molecule has 0 radical (unpaired) electrons. The predicted molar refractivity (Wildman–Crippen MR) is 125 cm³/mol. The number of non-ortho nitro benzene ring substituents is 1. The third-order valence-electron chi connectivity index (χ3n) is 6.92. The molecular weight excluding hydrogens is 470 g/mol. The van der Waals surface area contributed by atoms with Crippen LogP contribution in [0.2, 0.25) is 0 Å². The fourth-order valence-corrected chi connectivity index (χ4v) is 5.47. The summed E-state index contributed by atoms with van der Waals surface area (Å²) in [4.78, 5) is 63.1. The van der Waals surface area contributed by atoms with E-state index in [0.29, 0.717) is 10.9 Å². The number of nitrogens with zero attached hydrogens (tertiary/aromatic N) is 2. The van der Waals surface area contributed by atoms with Crippen molar-refractivity contribution in [1.29, 1.82) is 0 Å². The third kappa shape index (κ3) is 3.32. The van der Waals surface area contributed by atoms with Gasteiger partial charge in [0, 0.05) is 18.2 Å². The molecule has 3 aromatic rings. The van der Waals surface area contributed by atoms with Gasteiger partial charge in [0.25, 0.3) is 5.69 Å². The molecule has 36 heavy (non-hydrogen) atoms. The Hall–Kier alpha value is -4.64. The van der Waals surface area contributed by atoms with Crippen LogP contribution in [0.5, 0.6) is 0 Å². The molecule has 3 aromatic carbocycles. The lowest BCUT2D eigenvalue weighted by Gasteiger charge is -2.30. The van der Waals surface area contributed by atoms with Crippen molar-refractivity contribution in [2.45, 2.75) is 18.0 Å². The van der Waals surface area contributed by atoms with Crippen LogP contribution in [0.3, 0.4) is 0 Å². The summed E-state index contributed by atoms with van der Waals surface area (Å²) in [7, 11) is 0. The van der Waals surface area contributed by atoms with E-state index in [1.165, 1.54) is 18.2 Å². The lowest BCUT2D eigenvalue weighted by atomic mass is 9.77. The first-order valence-electron chi connectivity index (χ1n) is 11.0. The van der Waals surface area contributed by atoms with Crippen molar-refractivity contribution in [3.8, 4) is 0 Å². The highest BCUT2D eigenvalue weighted by Crippen LogP contribution is 2.52. The zero-order chi connectivity index (χ0) is 25.8. The smallest absolute Gasteiger partial charge is 0.325 e. The Morgan fingerprint density at radius 1 is 1.00 bits per heavy atom. The topological polar surface area (TPSA) is 167 Å². The number of imide groups is 1. The second-order valence-corrected chi connectivity index (χ2v) is 8.83. The highest BCUT2D eigenvalue weighted by Gasteiger charge is 2.69. The van der Waals surface area contributed by atoms with Gasteiger partial charge in [-0.15, -0.1) is 0 Å². The van der Waals surface area contributed by atoms with Crippen molar-refractivity contribution < 1.29 is 34.3 Å². The number of nitrogens with one attached hydrogen (secondary N) is 1. The summed E-state index contributed by atoms with van der Waals surface area (Å²) in [5, 5.41) is 35.4. The molecule has 11 heteroatoms. The number of nitro groups is 1. The second-order valence-electron chi connectivity index (χ2n) is 8.83. The van der Waals surface area contributed by atoms with E-state index in [9.17, 15) is 39.5 Å². The fourth-order valence-electron chi connectivity index (χ4n) is 5.47. The standard InChI is InChI=1S/C25H19N3O8/c29-18(30)12-25(24(33)34)20-19(21(26-25)17-10-3-6-13-5-1-2-9-16(13)17)22(31)27(23(20)32)14-7-4-8-15(11-14)28(35)36/h1-11,19-21,26H,12H2,(H,29,30)(H,33,34). The van der Waals surface area contributed by atoms with Gasteiger partial charge in [0.2, 0.25) is 11.8 Å². The van der Waals surface area contributed by atoms with Gasteiger partial charge in [0.15, 0.2) is 0 Å². The maximum Gasteiger partial charge on any atom is 0.325 e. The van der Waals surface area contributed by atoms with Crippen molar-refractivity contribution in [2.75, 3.05) is 4.90 Å². The number of nitro benzene ring substituents is 1. The average Bonchev–Trinajstić information content (AvgIpc) is 3.32. The molecular formula is C25H19N3O8. The lowest BCUT2D eigenvalue weighted by molar-refractivity contribution is -0.384. The minimum atomic E-state index is -2.28. The molecule has 2 saturated heterocycles. The Morgan fingerprint density at radius 2 is 1.69 bits per heavy atom. The van der Waals surface area contributed by atoms with Crippen LogP contribution in [0.15, 0.2) is 66.7 Å². The average molecular weight is 489 g/mol. The van der Waals surface area contributed by atoms with E-state index in [1.54, 1.807) is 24.3 Å². The summed E-state index contributed by atoms with van der Waals surface area (Å²) < 4.78 is 0.